The van der Waals surface area contributed by atoms with Gasteiger partial charge in [0.25, 0.3) is 6.43 Å². The van der Waals surface area contributed by atoms with Gasteiger partial charge in [-0.15, -0.1) is 0 Å². The van der Waals surface area contributed by atoms with Gasteiger partial charge in [0.2, 0.25) is 5.91 Å². The molecule has 1 amide bonds. The summed E-state index contributed by atoms with van der Waals surface area (Å²) < 4.78 is 29.7. The Kier molecular flexibility index (Phi) is 4.98. The molecule has 1 aromatic carbocycles. The Bertz CT molecular complexity index is 943. The van der Waals surface area contributed by atoms with E-state index in [4.69, 9.17) is 0 Å². The normalized spacial score (nSPS) is 15.0. The molecule has 5 nitrogen and oxygen atoms in total. The number of halogens is 2. The van der Waals surface area contributed by atoms with Crippen LogP contribution < -0.4 is 5.32 Å². The van der Waals surface area contributed by atoms with Crippen molar-refractivity contribution in [2.75, 3.05) is 0 Å². The van der Waals surface area contributed by atoms with Crippen LogP contribution in [-0.2, 0) is 11.3 Å². The second-order valence-corrected chi connectivity index (χ2v) is 7.20. The van der Waals surface area contributed by atoms with Gasteiger partial charge in [-0.3, -0.25) is 9.48 Å². The van der Waals surface area contributed by atoms with Gasteiger partial charge in [0.1, 0.15) is 12.2 Å². The van der Waals surface area contributed by atoms with Crippen LogP contribution in [-0.4, -0.2) is 20.3 Å². The number of hydrogen-bond acceptors (Lipinski definition) is 2. The molecule has 1 atom stereocenters. The van der Waals surface area contributed by atoms with E-state index in [2.05, 4.69) is 10.4 Å². The number of carbonyl (C=O) groups excluding carboxylic acids is 1. The molecule has 0 spiro atoms. The van der Waals surface area contributed by atoms with Crippen molar-refractivity contribution in [1.82, 2.24) is 19.7 Å². The van der Waals surface area contributed by atoms with Gasteiger partial charge in [-0.2, -0.15) is 5.10 Å². The minimum Gasteiger partial charge on any atom is -0.348 e. The maximum Gasteiger partial charge on any atom is 0.280 e. The summed E-state index contributed by atoms with van der Waals surface area (Å²) in [6, 6.07) is 12.9. The molecular weight excluding hydrogens is 362 g/mol. The van der Waals surface area contributed by atoms with E-state index in [-0.39, 0.29) is 30.1 Å². The molecule has 0 unspecified atom stereocenters. The Hall–Kier alpha value is -2.96. The van der Waals surface area contributed by atoms with Crippen molar-refractivity contribution in [2.24, 2.45) is 0 Å². The Morgan fingerprint density at radius 2 is 1.89 bits per heavy atom. The van der Waals surface area contributed by atoms with E-state index >= 15 is 0 Å². The van der Waals surface area contributed by atoms with Crippen molar-refractivity contribution >= 4 is 5.91 Å². The monoisotopic (exact) mass is 384 g/mol. The van der Waals surface area contributed by atoms with Gasteiger partial charge in [0.05, 0.1) is 11.7 Å². The molecule has 1 aliphatic carbocycles. The molecule has 1 N–H and O–H groups in total. The van der Waals surface area contributed by atoms with Gasteiger partial charge in [-0.1, -0.05) is 12.1 Å². The first-order valence-electron chi connectivity index (χ1n) is 9.39. The zero-order valence-electron chi connectivity index (χ0n) is 15.6. The van der Waals surface area contributed by atoms with Gasteiger partial charge >= 0.3 is 0 Å². The summed E-state index contributed by atoms with van der Waals surface area (Å²) in [6.45, 7) is 1.66. The van der Waals surface area contributed by atoms with Gasteiger partial charge in [-0.25, -0.2) is 8.78 Å². The minimum absolute atomic E-state index is 0.194. The van der Waals surface area contributed by atoms with E-state index in [1.54, 1.807) is 0 Å². The van der Waals surface area contributed by atoms with Crippen LogP contribution in [0.15, 0.2) is 54.9 Å². The highest BCUT2D eigenvalue weighted by atomic mass is 19.3. The van der Waals surface area contributed by atoms with Crippen molar-refractivity contribution < 1.29 is 13.6 Å². The summed E-state index contributed by atoms with van der Waals surface area (Å²) in [6.07, 6.45) is 3.22. The lowest BCUT2D eigenvalue weighted by Gasteiger charge is -2.16. The summed E-state index contributed by atoms with van der Waals surface area (Å²) in [4.78, 5) is 12.4. The van der Waals surface area contributed by atoms with Crippen LogP contribution in [0.25, 0.3) is 5.69 Å². The van der Waals surface area contributed by atoms with Crippen LogP contribution in [0.5, 0.6) is 0 Å². The second-order valence-electron chi connectivity index (χ2n) is 7.20. The number of nitrogens with one attached hydrogen (secondary N) is 1. The standard InChI is InChI=1S/C21H22F2N4O/c1-14(15-6-8-17(9-7-15)26-10-2-3-11-26)24-20(28)13-27-19(21(22)23)12-18(25-27)16-4-5-16/h2-3,6-12,14,16,21H,4-5,13H2,1H3,(H,24,28)/t14-/m0/s1. The van der Waals surface area contributed by atoms with Gasteiger partial charge in [-0.05, 0) is 55.7 Å². The minimum atomic E-state index is -2.65. The van der Waals surface area contributed by atoms with Crippen molar-refractivity contribution in [3.8, 4) is 5.69 Å². The predicted octanol–water partition coefficient (Wildman–Crippen LogP) is 4.37. The predicted molar refractivity (Wildman–Crippen MR) is 101 cm³/mol. The summed E-state index contributed by atoms with van der Waals surface area (Å²) >= 11 is 0. The molecule has 1 saturated carbocycles. The van der Waals surface area contributed by atoms with Crippen molar-refractivity contribution in [1.29, 1.82) is 0 Å². The summed E-state index contributed by atoms with van der Waals surface area (Å²) in [5.41, 5.74) is 2.44. The topological polar surface area (TPSA) is 51.9 Å². The molecule has 7 heteroatoms. The summed E-state index contributed by atoms with van der Waals surface area (Å²) in [5.74, 6) is -0.0751. The number of aromatic nitrogens is 3. The van der Waals surface area contributed by atoms with Gasteiger partial charge < -0.3 is 9.88 Å². The molecule has 4 rings (SSSR count). The van der Waals surface area contributed by atoms with Crippen molar-refractivity contribution in [3.63, 3.8) is 0 Å². The smallest absolute Gasteiger partial charge is 0.280 e. The van der Waals surface area contributed by atoms with E-state index in [0.29, 0.717) is 5.69 Å². The Labute approximate surface area is 162 Å². The number of carbonyl (C=O) groups is 1. The zero-order chi connectivity index (χ0) is 19.7. The van der Waals surface area contributed by atoms with Crippen LogP contribution in [0.1, 0.15) is 55.1 Å². The van der Waals surface area contributed by atoms with E-state index in [1.807, 2.05) is 60.3 Å². The maximum atomic E-state index is 13.3. The number of amides is 1. The molecule has 0 saturated heterocycles. The van der Waals surface area contributed by atoms with Gasteiger partial charge in [0.15, 0.2) is 0 Å². The summed E-state index contributed by atoms with van der Waals surface area (Å²) in [5, 5.41) is 7.09. The quantitative estimate of drug-likeness (QED) is 0.658. The van der Waals surface area contributed by atoms with Crippen LogP contribution in [0, 0.1) is 0 Å². The summed E-state index contributed by atoms with van der Waals surface area (Å²) in [7, 11) is 0. The average molecular weight is 384 g/mol. The van der Waals surface area contributed by atoms with Crippen molar-refractivity contribution in [2.45, 2.75) is 44.7 Å². The fourth-order valence-corrected chi connectivity index (χ4v) is 3.28. The molecule has 2 aromatic heterocycles. The fourth-order valence-electron chi connectivity index (χ4n) is 3.28. The molecule has 146 valence electrons. The Morgan fingerprint density at radius 1 is 1.21 bits per heavy atom. The molecule has 28 heavy (non-hydrogen) atoms. The van der Waals surface area contributed by atoms with E-state index in [9.17, 15) is 13.6 Å². The van der Waals surface area contributed by atoms with Crippen LogP contribution in [0.4, 0.5) is 8.78 Å². The van der Waals surface area contributed by atoms with Crippen LogP contribution in [0.2, 0.25) is 0 Å². The zero-order valence-corrected chi connectivity index (χ0v) is 15.6. The number of rotatable bonds is 7. The first-order valence-corrected chi connectivity index (χ1v) is 9.39. The number of nitrogens with zero attached hydrogens (tertiary/aromatic N) is 3. The Balaban J connectivity index is 1.41. The largest absolute Gasteiger partial charge is 0.348 e. The number of benzene rings is 1. The molecule has 0 radical (unpaired) electrons. The molecular formula is C21H22F2N4O. The SMILES string of the molecule is C[C@H](NC(=O)Cn1nc(C2CC2)cc1C(F)F)c1ccc(-n2cccc2)cc1. The lowest BCUT2D eigenvalue weighted by Crippen LogP contribution is -2.31. The first-order chi connectivity index (χ1) is 13.5. The second kappa shape index (κ2) is 7.58. The average Bonchev–Trinajstić information content (AvgIpc) is 3.21. The lowest BCUT2D eigenvalue weighted by molar-refractivity contribution is -0.122. The van der Waals surface area contributed by atoms with Gasteiger partial charge in [0, 0.05) is 24.0 Å². The third-order valence-corrected chi connectivity index (χ3v) is 5.02. The molecule has 3 aromatic rings. The third-order valence-electron chi connectivity index (χ3n) is 5.02. The van der Waals surface area contributed by atoms with Crippen LogP contribution in [0.3, 0.4) is 0 Å². The highest BCUT2D eigenvalue weighted by Gasteiger charge is 2.29. The molecule has 0 bridgehead atoms. The molecule has 1 aliphatic rings. The Morgan fingerprint density at radius 3 is 2.50 bits per heavy atom. The molecule has 2 heterocycles. The fraction of sp³-hybridized carbons (Fsp3) is 0.333. The van der Waals surface area contributed by atoms with E-state index in [0.717, 1.165) is 28.8 Å². The third kappa shape index (κ3) is 3.98. The first kappa shape index (κ1) is 18.4. The molecule has 1 fully saturated rings. The lowest BCUT2D eigenvalue weighted by atomic mass is 10.1. The maximum absolute atomic E-state index is 13.3. The van der Waals surface area contributed by atoms with E-state index in [1.165, 1.54) is 6.07 Å². The van der Waals surface area contributed by atoms with E-state index < -0.39 is 6.43 Å². The number of hydrogen-bond donors (Lipinski definition) is 1. The van der Waals surface area contributed by atoms with Crippen molar-refractivity contribution in [3.05, 3.63) is 71.8 Å². The highest BCUT2D eigenvalue weighted by molar-refractivity contribution is 5.76. The van der Waals surface area contributed by atoms with Crippen LogP contribution >= 0.6 is 0 Å². The highest BCUT2D eigenvalue weighted by Crippen LogP contribution is 2.40. The molecule has 0 aliphatic heterocycles. The number of alkyl halides is 2.